The van der Waals surface area contributed by atoms with Crippen LogP contribution < -0.4 is 4.74 Å². The topological polar surface area (TPSA) is 26.3 Å². The van der Waals surface area contributed by atoms with Crippen LogP contribution in [0.25, 0.3) is 0 Å². The number of rotatable bonds is 3. The molecule has 22 heavy (non-hydrogen) atoms. The van der Waals surface area contributed by atoms with Crippen LogP contribution in [-0.4, -0.2) is 17.5 Å². The Morgan fingerprint density at radius 3 is 2.50 bits per heavy atom. The third-order valence-electron chi connectivity index (χ3n) is 3.13. The Morgan fingerprint density at radius 2 is 1.82 bits per heavy atom. The summed E-state index contributed by atoms with van der Waals surface area (Å²) in [5.41, 5.74) is 1.54. The second-order valence-corrected chi connectivity index (χ2v) is 8.73. The van der Waals surface area contributed by atoms with Gasteiger partial charge >= 0.3 is 5.97 Å². The number of carbonyl (C=O) groups excluding carboxylic acids is 1. The zero-order valence-corrected chi connectivity index (χ0v) is 15.4. The molecule has 2 nitrogen and oxygen atoms in total. The van der Waals surface area contributed by atoms with Gasteiger partial charge < -0.3 is 4.74 Å². The minimum atomic E-state index is -0.367. The van der Waals surface area contributed by atoms with Crippen LogP contribution in [0.5, 0.6) is 5.75 Å². The predicted octanol–water partition coefficient (Wildman–Crippen LogP) is 5.80. The Morgan fingerprint density at radius 1 is 1.14 bits per heavy atom. The maximum absolute atomic E-state index is 12.3. The summed E-state index contributed by atoms with van der Waals surface area (Å²) in [5.74, 6) is 2.49. The number of benzene rings is 2. The van der Waals surface area contributed by atoms with Crippen molar-refractivity contribution in [1.82, 2.24) is 0 Å². The Labute approximate surface area is 151 Å². The summed E-state index contributed by atoms with van der Waals surface area (Å²) in [6, 6.07) is 12.5. The fraction of sp³-hybridized carbons (Fsp3) is 0.188. The average Bonchev–Trinajstić information content (AvgIpc) is 3.04. The highest BCUT2D eigenvalue weighted by Crippen LogP contribution is 2.48. The fourth-order valence-corrected chi connectivity index (χ4v) is 5.47. The van der Waals surface area contributed by atoms with Crippen molar-refractivity contribution in [3.8, 4) is 5.75 Å². The molecule has 114 valence electrons. The highest BCUT2D eigenvalue weighted by Gasteiger charge is 2.23. The molecule has 2 aromatic rings. The molecule has 0 spiro atoms. The van der Waals surface area contributed by atoms with E-state index in [0.717, 1.165) is 21.5 Å². The predicted molar refractivity (Wildman–Crippen MR) is 98.2 cm³/mol. The first kappa shape index (κ1) is 16.2. The van der Waals surface area contributed by atoms with Crippen LogP contribution >= 0.6 is 51.1 Å². The van der Waals surface area contributed by atoms with Crippen LogP contribution in [0.15, 0.2) is 46.9 Å². The number of thioether (sulfide) groups is 2. The van der Waals surface area contributed by atoms with Crippen molar-refractivity contribution in [1.29, 1.82) is 0 Å². The van der Waals surface area contributed by atoms with Gasteiger partial charge in [-0.15, -0.1) is 23.5 Å². The van der Waals surface area contributed by atoms with Gasteiger partial charge in [0, 0.05) is 26.6 Å². The van der Waals surface area contributed by atoms with Crippen molar-refractivity contribution in [2.24, 2.45) is 0 Å². The van der Waals surface area contributed by atoms with E-state index in [2.05, 4.69) is 15.9 Å². The van der Waals surface area contributed by atoms with E-state index < -0.39 is 0 Å². The van der Waals surface area contributed by atoms with Crippen LogP contribution in [0.1, 0.15) is 20.5 Å². The molecule has 0 amide bonds. The number of hydrogen-bond acceptors (Lipinski definition) is 4. The fourth-order valence-electron chi connectivity index (χ4n) is 2.08. The summed E-state index contributed by atoms with van der Waals surface area (Å²) in [6.45, 7) is 0. The van der Waals surface area contributed by atoms with Crippen molar-refractivity contribution < 1.29 is 9.53 Å². The zero-order valence-electron chi connectivity index (χ0n) is 11.4. The minimum Gasteiger partial charge on any atom is -0.423 e. The first-order valence-corrected chi connectivity index (χ1v) is 9.91. The molecule has 1 saturated heterocycles. The molecular formula is C16H12BrClO2S2. The highest BCUT2D eigenvalue weighted by molar-refractivity contribution is 9.10. The molecule has 1 aliphatic rings. The maximum atomic E-state index is 12.3. The van der Waals surface area contributed by atoms with Crippen LogP contribution in [0, 0.1) is 0 Å². The number of halogens is 2. The number of carbonyl (C=O) groups is 1. The zero-order chi connectivity index (χ0) is 15.5. The lowest BCUT2D eigenvalue weighted by Gasteiger charge is -2.14. The standard InChI is InChI=1S/C16H12BrClO2S2/c17-11-3-6-14(13(9-11)16-21-7-8-22-16)20-15(19)10-1-4-12(18)5-2-10/h1-6,9,16H,7-8H2. The van der Waals surface area contributed by atoms with Crippen molar-refractivity contribution >= 4 is 57.0 Å². The van der Waals surface area contributed by atoms with E-state index in [1.54, 1.807) is 24.3 Å². The Balaban J connectivity index is 1.85. The van der Waals surface area contributed by atoms with E-state index in [4.69, 9.17) is 16.3 Å². The number of ether oxygens (including phenoxy) is 1. The van der Waals surface area contributed by atoms with Crippen LogP contribution in [0.3, 0.4) is 0 Å². The summed E-state index contributed by atoms with van der Waals surface area (Å²) < 4.78 is 6.91. The third kappa shape index (κ3) is 3.82. The first-order valence-electron chi connectivity index (χ1n) is 6.64. The van der Waals surface area contributed by atoms with E-state index in [9.17, 15) is 4.79 Å². The molecule has 0 saturated carbocycles. The SMILES string of the molecule is O=C(Oc1ccc(Br)cc1C1SCCS1)c1ccc(Cl)cc1. The maximum Gasteiger partial charge on any atom is 0.343 e. The van der Waals surface area contributed by atoms with Gasteiger partial charge in [-0.2, -0.15) is 0 Å². The van der Waals surface area contributed by atoms with E-state index in [1.807, 2.05) is 41.7 Å². The summed E-state index contributed by atoms with van der Waals surface area (Å²) >= 11 is 13.1. The van der Waals surface area contributed by atoms with Gasteiger partial charge in [-0.1, -0.05) is 27.5 Å². The van der Waals surface area contributed by atoms with Crippen LogP contribution in [-0.2, 0) is 0 Å². The molecule has 1 fully saturated rings. The summed E-state index contributed by atoms with van der Waals surface area (Å²) in [5, 5.41) is 0.597. The molecule has 0 atom stereocenters. The van der Waals surface area contributed by atoms with Gasteiger partial charge in [-0.05, 0) is 42.5 Å². The first-order chi connectivity index (χ1) is 10.6. The van der Waals surface area contributed by atoms with Gasteiger partial charge in [0.2, 0.25) is 0 Å². The van der Waals surface area contributed by atoms with Gasteiger partial charge in [-0.3, -0.25) is 0 Å². The number of esters is 1. The molecule has 0 N–H and O–H groups in total. The third-order valence-corrected chi connectivity index (χ3v) is 6.94. The second-order valence-electron chi connectivity index (χ2n) is 4.65. The number of hydrogen-bond donors (Lipinski definition) is 0. The molecule has 1 heterocycles. The van der Waals surface area contributed by atoms with Gasteiger partial charge in [0.25, 0.3) is 0 Å². The van der Waals surface area contributed by atoms with Gasteiger partial charge in [0.05, 0.1) is 10.1 Å². The average molecular weight is 416 g/mol. The Hall–Kier alpha value is -0.620. The summed E-state index contributed by atoms with van der Waals surface area (Å²) in [7, 11) is 0. The van der Waals surface area contributed by atoms with E-state index in [0.29, 0.717) is 20.9 Å². The van der Waals surface area contributed by atoms with Crippen molar-refractivity contribution in [2.75, 3.05) is 11.5 Å². The second kappa shape index (κ2) is 7.30. The van der Waals surface area contributed by atoms with Gasteiger partial charge in [-0.25, -0.2) is 4.79 Å². The molecule has 3 rings (SSSR count). The molecule has 0 unspecified atom stereocenters. The molecule has 0 aromatic heterocycles. The quantitative estimate of drug-likeness (QED) is 0.467. The summed E-state index contributed by atoms with van der Waals surface area (Å²) in [6.07, 6.45) is 0. The van der Waals surface area contributed by atoms with Gasteiger partial charge in [0.1, 0.15) is 5.75 Å². The molecule has 0 bridgehead atoms. The smallest absolute Gasteiger partial charge is 0.343 e. The molecule has 0 aliphatic carbocycles. The molecule has 1 aliphatic heterocycles. The van der Waals surface area contributed by atoms with E-state index in [1.165, 1.54) is 0 Å². The van der Waals surface area contributed by atoms with Crippen molar-refractivity contribution in [3.05, 3.63) is 63.1 Å². The minimum absolute atomic E-state index is 0.311. The molecule has 6 heteroatoms. The Kier molecular flexibility index (Phi) is 5.39. The lowest BCUT2D eigenvalue weighted by atomic mass is 10.2. The van der Waals surface area contributed by atoms with E-state index in [-0.39, 0.29) is 5.97 Å². The van der Waals surface area contributed by atoms with Crippen LogP contribution in [0.4, 0.5) is 0 Å². The van der Waals surface area contributed by atoms with Gasteiger partial charge in [0.15, 0.2) is 0 Å². The lowest BCUT2D eigenvalue weighted by Crippen LogP contribution is -2.10. The van der Waals surface area contributed by atoms with E-state index >= 15 is 0 Å². The lowest BCUT2D eigenvalue weighted by molar-refractivity contribution is 0.0733. The van der Waals surface area contributed by atoms with Crippen molar-refractivity contribution in [2.45, 2.75) is 4.58 Å². The largest absolute Gasteiger partial charge is 0.423 e. The van der Waals surface area contributed by atoms with Crippen LogP contribution in [0.2, 0.25) is 5.02 Å². The monoisotopic (exact) mass is 414 g/mol. The Bertz CT molecular complexity index is 685. The molecule has 0 radical (unpaired) electrons. The summed E-state index contributed by atoms with van der Waals surface area (Å²) in [4.78, 5) is 12.3. The molecular weight excluding hydrogens is 404 g/mol. The molecule has 2 aromatic carbocycles. The normalized spacial score (nSPS) is 15.0. The highest BCUT2D eigenvalue weighted by atomic mass is 79.9. The van der Waals surface area contributed by atoms with Crippen molar-refractivity contribution in [3.63, 3.8) is 0 Å².